The summed E-state index contributed by atoms with van der Waals surface area (Å²) in [4.78, 5) is 21.7. The van der Waals surface area contributed by atoms with Crippen molar-refractivity contribution in [3.05, 3.63) is 24.3 Å². The minimum Gasteiger partial charge on any atom is -0.339 e. The van der Waals surface area contributed by atoms with Crippen LogP contribution in [0.2, 0.25) is 0 Å². The van der Waals surface area contributed by atoms with Crippen molar-refractivity contribution in [1.82, 2.24) is 20.2 Å². The Morgan fingerprint density at radius 1 is 1.53 bits per heavy atom. The van der Waals surface area contributed by atoms with Crippen LogP contribution in [-0.2, 0) is 0 Å². The summed E-state index contributed by atoms with van der Waals surface area (Å²) in [7, 11) is 1.81. The molecule has 1 aliphatic rings. The van der Waals surface area contributed by atoms with Crippen LogP contribution in [0.4, 0.5) is 0 Å². The number of likely N-dealkylation sites (N-methyl/N-ethyl adjacent to an activating group) is 1. The monoisotopic (exact) mass is 234 g/mol. The van der Waals surface area contributed by atoms with Crippen molar-refractivity contribution in [2.75, 3.05) is 20.1 Å². The number of hydrogen-bond acceptors (Lipinski definition) is 4. The molecular formula is C12H18N4O. The van der Waals surface area contributed by atoms with Crippen LogP contribution in [0, 0.1) is 0 Å². The Kier molecular flexibility index (Phi) is 4.03. The Balaban J connectivity index is 1.91. The smallest absolute Gasteiger partial charge is 0.273 e. The molecule has 0 spiro atoms. The van der Waals surface area contributed by atoms with Crippen molar-refractivity contribution < 1.29 is 4.79 Å². The van der Waals surface area contributed by atoms with Gasteiger partial charge in [-0.05, 0) is 19.4 Å². The second-order valence-electron chi connectivity index (χ2n) is 4.42. The number of piperidine rings is 1. The van der Waals surface area contributed by atoms with Crippen LogP contribution in [0.1, 0.15) is 29.8 Å². The molecule has 1 aromatic heterocycles. The molecule has 0 aromatic carbocycles. The first kappa shape index (κ1) is 12.0. The van der Waals surface area contributed by atoms with Gasteiger partial charge in [0.2, 0.25) is 0 Å². The van der Waals surface area contributed by atoms with Crippen molar-refractivity contribution in [2.45, 2.75) is 25.3 Å². The lowest BCUT2D eigenvalue weighted by Crippen LogP contribution is -2.44. The van der Waals surface area contributed by atoms with Gasteiger partial charge in [0.25, 0.3) is 5.91 Å². The van der Waals surface area contributed by atoms with Gasteiger partial charge < -0.3 is 10.2 Å². The number of rotatable bonds is 3. The Bertz CT molecular complexity index is 362. The molecule has 1 aliphatic heterocycles. The van der Waals surface area contributed by atoms with Crippen LogP contribution in [0.5, 0.6) is 0 Å². The third-order valence-corrected chi connectivity index (χ3v) is 3.04. The maximum Gasteiger partial charge on any atom is 0.273 e. The molecule has 1 aromatic rings. The Morgan fingerprint density at radius 3 is 3.06 bits per heavy atom. The largest absolute Gasteiger partial charge is 0.339 e. The Hall–Kier alpha value is -1.49. The summed E-state index contributed by atoms with van der Waals surface area (Å²) in [6, 6.07) is 0.411. The minimum absolute atomic E-state index is 0.0644. The molecule has 0 unspecified atom stereocenters. The average Bonchev–Trinajstić information content (AvgIpc) is 2.40. The second kappa shape index (κ2) is 5.72. The topological polar surface area (TPSA) is 58.1 Å². The summed E-state index contributed by atoms with van der Waals surface area (Å²) in [5.41, 5.74) is 0.408. The summed E-state index contributed by atoms with van der Waals surface area (Å²) in [5.74, 6) is -0.0644. The van der Waals surface area contributed by atoms with E-state index in [1.807, 2.05) is 7.05 Å². The molecule has 1 atom stereocenters. The van der Waals surface area contributed by atoms with Gasteiger partial charge in [-0.3, -0.25) is 9.78 Å². The van der Waals surface area contributed by atoms with E-state index in [2.05, 4.69) is 15.3 Å². The molecule has 0 saturated carbocycles. The van der Waals surface area contributed by atoms with Crippen LogP contribution < -0.4 is 5.32 Å². The van der Waals surface area contributed by atoms with E-state index < -0.39 is 0 Å². The number of amides is 1. The van der Waals surface area contributed by atoms with Crippen molar-refractivity contribution in [2.24, 2.45) is 0 Å². The van der Waals surface area contributed by atoms with Gasteiger partial charge >= 0.3 is 0 Å². The maximum atomic E-state index is 12.0. The zero-order valence-electron chi connectivity index (χ0n) is 10.1. The van der Waals surface area contributed by atoms with E-state index in [1.165, 1.54) is 19.0 Å². The van der Waals surface area contributed by atoms with Gasteiger partial charge in [0.15, 0.2) is 0 Å². The fraction of sp³-hybridized carbons (Fsp3) is 0.583. The SMILES string of the molecule is CN(C[C@@H]1CCCCN1)C(=O)c1cnccn1. The van der Waals surface area contributed by atoms with Gasteiger partial charge in [-0.25, -0.2) is 4.98 Å². The lowest BCUT2D eigenvalue weighted by atomic mass is 10.0. The lowest BCUT2D eigenvalue weighted by Gasteiger charge is -2.28. The molecule has 0 radical (unpaired) electrons. The molecule has 0 aliphatic carbocycles. The van der Waals surface area contributed by atoms with E-state index in [4.69, 9.17) is 0 Å². The summed E-state index contributed by atoms with van der Waals surface area (Å²) < 4.78 is 0. The summed E-state index contributed by atoms with van der Waals surface area (Å²) in [6.07, 6.45) is 8.23. The minimum atomic E-state index is -0.0644. The van der Waals surface area contributed by atoms with Crippen LogP contribution in [0.3, 0.4) is 0 Å². The predicted molar refractivity (Wildman–Crippen MR) is 64.6 cm³/mol. The number of aromatic nitrogens is 2. The van der Waals surface area contributed by atoms with E-state index in [1.54, 1.807) is 17.3 Å². The highest BCUT2D eigenvalue weighted by atomic mass is 16.2. The molecule has 1 saturated heterocycles. The molecule has 0 bridgehead atoms. The molecule has 1 amide bonds. The second-order valence-corrected chi connectivity index (χ2v) is 4.42. The van der Waals surface area contributed by atoms with Crippen LogP contribution in [-0.4, -0.2) is 47.0 Å². The molecule has 2 rings (SSSR count). The highest BCUT2D eigenvalue weighted by molar-refractivity contribution is 5.91. The molecule has 2 heterocycles. The van der Waals surface area contributed by atoms with E-state index in [-0.39, 0.29) is 5.91 Å². The van der Waals surface area contributed by atoms with Crippen molar-refractivity contribution in [3.63, 3.8) is 0 Å². The number of carbonyl (C=O) groups is 1. The average molecular weight is 234 g/mol. The first-order valence-electron chi connectivity index (χ1n) is 6.02. The van der Waals surface area contributed by atoms with E-state index in [0.29, 0.717) is 11.7 Å². The zero-order valence-corrected chi connectivity index (χ0v) is 10.1. The number of hydrogen-bond donors (Lipinski definition) is 1. The Morgan fingerprint density at radius 2 is 2.41 bits per heavy atom. The molecular weight excluding hydrogens is 216 g/mol. The van der Waals surface area contributed by atoms with Gasteiger partial charge in [0.1, 0.15) is 5.69 Å². The highest BCUT2D eigenvalue weighted by Crippen LogP contribution is 2.09. The molecule has 1 fully saturated rings. The van der Waals surface area contributed by atoms with E-state index in [9.17, 15) is 4.79 Å². The maximum absolute atomic E-state index is 12.0. The molecule has 1 N–H and O–H groups in total. The summed E-state index contributed by atoms with van der Waals surface area (Å²) in [5, 5.41) is 3.43. The highest BCUT2D eigenvalue weighted by Gasteiger charge is 2.19. The van der Waals surface area contributed by atoms with E-state index >= 15 is 0 Å². The van der Waals surface area contributed by atoms with Crippen LogP contribution in [0.25, 0.3) is 0 Å². The third kappa shape index (κ3) is 3.23. The zero-order chi connectivity index (χ0) is 12.1. The molecule has 17 heavy (non-hydrogen) atoms. The molecule has 5 nitrogen and oxygen atoms in total. The number of carbonyl (C=O) groups excluding carboxylic acids is 1. The predicted octanol–water partition coefficient (Wildman–Crippen LogP) is 0.691. The first-order chi connectivity index (χ1) is 8.27. The van der Waals surface area contributed by atoms with Gasteiger partial charge in [-0.1, -0.05) is 6.42 Å². The Labute approximate surface area is 101 Å². The van der Waals surface area contributed by atoms with Gasteiger partial charge in [0, 0.05) is 32.0 Å². The third-order valence-electron chi connectivity index (χ3n) is 3.04. The van der Waals surface area contributed by atoms with Gasteiger partial charge in [-0.2, -0.15) is 0 Å². The number of nitrogens with one attached hydrogen (secondary N) is 1. The molecule has 92 valence electrons. The lowest BCUT2D eigenvalue weighted by molar-refractivity contribution is 0.0769. The van der Waals surface area contributed by atoms with Crippen LogP contribution in [0.15, 0.2) is 18.6 Å². The fourth-order valence-corrected chi connectivity index (χ4v) is 2.10. The van der Waals surface area contributed by atoms with Crippen LogP contribution >= 0.6 is 0 Å². The number of nitrogens with zero attached hydrogens (tertiary/aromatic N) is 3. The van der Waals surface area contributed by atoms with Gasteiger partial charge in [0.05, 0.1) is 6.20 Å². The summed E-state index contributed by atoms with van der Waals surface area (Å²) in [6.45, 7) is 1.78. The van der Waals surface area contributed by atoms with Crippen molar-refractivity contribution >= 4 is 5.91 Å². The quantitative estimate of drug-likeness (QED) is 0.836. The summed E-state index contributed by atoms with van der Waals surface area (Å²) >= 11 is 0. The van der Waals surface area contributed by atoms with Crippen molar-refractivity contribution in [1.29, 1.82) is 0 Å². The molecule has 5 heteroatoms. The standard InChI is InChI=1S/C12H18N4O/c1-16(9-10-4-2-3-5-14-10)12(17)11-8-13-6-7-15-11/h6-8,10,14H,2-5,9H2,1H3/t10-/m0/s1. The van der Waals surface area contributed by atoms with Gasteiger partial charge in [-0.15, -0.1) is 0 Å². The van der Waals surface area contributed by atoms with E-state index in [0.717, 1.165) is 19.5 Å². The normalized spacial score (nSPS) is 19.9. The first-order valence-corrected chi connectivity index (χ1v) is 6.02. The van der Waals surface area contributed by atoms with Crippen molar-refractivity contribution in [3.8, 4) is 0 Å². The fourth-order valence-electron chi connectivity index (χ4n) is 2.10.